The smallest absolute Gasteiger partial charge is 0.242 e. The number of benzene rings is 1. The van der Waals surface area contributed by atoms with Crippen LogP contribution in [0.5, 0.6) is 0 Å². The SMILES string of the molecule is Cc1nccn1CC1(O)CCN(Cc2c(C)n(CC(=O)N3CCCC3)c3ccccc23)CC1. The Labute approximate surface area is 195 Å². The Morgan fingerprint density at radius 3 is 2.52 bits per heavy atom. The van der Waals surface area contributed by atoms with Crippen LogP contribution >= 0.6 is 0 Å². The van der Waals surface area contributed by atoms with Crippen LogP contribution in [-0.4, -0.2) is 66.7 Å². The molecule has 0 saturated carbocycles. The predicted molar refractivity (Wildman–Crippen MR) is 129 cm³/mol. The molecular formula is C26H35N5O2. The number of nitrogens with zero attached hydrogens (tertiary/aromatic N) is 5. The van der Waals surface area contributed by atoms with Crippen LogP contribution < -0.4 is 0 Å². The van der Waals surface area contributed by atoms with Crippen LogP contribution in [0.3, 0.4) is 0 Å². The molecule has 2 aliphatic heterocycles. The molecule has 0 bridgehead atoms. The number of amides is 1. The first-order valence-corrected chi connectivity index (χ1v) is 12.2. The van der Waals surface area contributed by atoms with Gasteiger partial charge in [0, 0.05) is 61.7 Å². The number of rotatable bonds is 6. The number of likely N-dealkylation sites (tertiary alicyclic amines) is 2. The Hall–Kier alpha value is -2.64. The third-order valence-corrected chi connectivity index (χ3v) is 7.67. The van der Waals surface area contributed by atoms with Crippen molar-refractivity contribution in [2.45, 2.75) is 64.8 Å². The van der Waals surface area contributed by atoms with E-state index in [1.807, 2.05) is 22.6 Å². The summed E-state index contributed by atoms with van der Waals surface area (Å²) in [4.78, 5) is 21.6. The summed E-state index contributed by atoms with van der Waals surface area (Å²) in [6.07, 6.45) is 7.46. The number of hydrogen-bond acceptors (Lipinski definition) is 4. The number of aliphatic hydroxyl groups is 1. The van der Waals surface area contributed by atoms with Crippen molar-refractivity contribution in [1.29, 1.82) is 0 Å². The molecule has 1 N–H and O–H groups in total. The highest BCUT2D eigenvalue weighted by Gasteiger charge is 2.33. The van der Waals surface area contributed by atoms with Crippen molar-refractivity contribution < 1.29 is 9.90 Å². The molecule has 0 unspecified atom stereocenters. The zero-order valence-corrected chi connectivity index (χ0v) is 19.8. The van der Waals surface area contributed by atoms with Crippen LogP contribution in [-0.2, 0) is 24.4 Å². The summed E-state index contributed by atoms with van der Waals surface area (Å²) in [5.41, 5.74) is 2.93. The first-order valence-electron chi connectivity index (χ1n) is 12.2. The Morgan fingerprint density at radius 1 is 1.09 bits per heavy atom. The topological polar surface area (TPSA) is 66.5 Å². The lowest BCUT2D eigenvalue weighted by atomic mass is 9.91. The van der Waals surface area contributed by atoms with E-state index >= 15 is 0 Å². The van der Waals surface area contributed by atoms with Gasteiger partial charge in [0.1, 0.15) is 12.4 Å². The third-order valence-electron chi connectivity index (χ3n) is 7.67. The van der Waals surface area contributed by atoms with E-state index in [-0.39, 0.29) is 5.91 Å². The number of imidazole rings is 1. The van der Waals surface area contributed by atoms with Gasteiger partial charge in [0.25, 0.3) is 0 Å². The molecule has 7 heteroatoms. The summed E-state index contributed by atoms with van der Waals surface area (Å²) < 4.78 is 4.25. The highest BCUT2D eigenvalue weighted by atomic mass is 16.3. The third kappa shape index (κ3) is 4.44. The fraction of sp³-hybridized carbons (Fsp3) is 0.538. The van der Waals surface area contributed by atoms with Gasteiger partial charge in [-0.05, 0) is 51.2 Å². The molecular weight excluding hydrogens is 414 g/mol. The second-order valence-corrected chi connectivity index (χ2v) is 9.86. The van der Waals surface area contributed by atoms with Crippen molar-refractivity contribution >= 4 is 16.8 Å². The minimum absolute atomic E-state index is 0.223. The maximum atomic E-state index is 12.9. The van der Waals surface area contributed by atoms with Gasteiger partial charge >= 0.3 is 0 Å². The molecule has 0 spiro atoms. The minimum atomic E-state index is -0.687. The van der Waals surface area contributed by atoms with Crippen LogP contribution in [0.15, 0.2) is 36.7 Å². The van der Waals surface area contributed by atoms with Gasteiger partial charge in [-0.25, -0.2) is 4.98 Å². The highest BCUT2D eigenvalue weighted by molar-refractivity contribution is 5.87. The zero-order chi connectivity index (χ0) is 23.0. The first kappa shape index (κ1) is 22.2. The highest BCUT2D eigenvalue weighted by Crippen LogP contribution is 2.30. The number of para-hydroxylation sites is 1. The van der Waals surface area contributed by atoms with Gasteiger partial charge in [-0.3, -0.25) is 9.69 Å². The molecule has 2 fully saturated rings. The molecule has 5 rings (SSSR count). The number of fused-ring (bicyclic) bond motifs is 1. The van der Waals surface area contributed by atoms with Crippen molar-refractivity contribution in [2.75, 3.05) is 26.2 Å². The van der Waals surface area contributed by atoms with Gasteiger partial charge < -0.3 is 19.1 Å². The van der Waals surface area contributed by atoms with Crippen LogP contribution in [0.2, 0.25) is 0 Å². The summed E-state index contributed by atoms with van der Waals surface area (Å²) in [6.45, 7) is 9.47. The Morgan fingerprint density at radius 2 is 1.82 bits per heavy atom. The lowest BCUT2D eigenvalue weighted by Gasteiger charge is -2.38. The Bertz CT molecular complexity index is 1130. The molecule has 0 atom stereocenters. The number of carbonyl (C=O) groups is 1. The van der Waals surface area contributed by atoms with Gasteiger partial charge in [0.05, 0.1) is 12.1 Å². The Kier molecular flexibility index (Phi) is 6.01. The molecule has 176 valence electrons. The van der Waals surface area contributed by atoms with E-state index in [0.29, 0.717) is 13.1 Å². The molecule has 2 aromatic heterocycles. The molecule has 1 aromatic carbocycles. The molecule has 3 aromatic rings. The molecule has 0 radical (unpaired) electrons. The second kappa shape index (κ2) is 8.95. The molecule has 1 amide bonds. The van der Waals surface area contributed by atoms with E-state index < -0.39 is 5.60 Å². The summed E-state index contributed by atoms with van der Waals surface area (Å²) in [7, 11) is 0. The maximum absolute atomic E-state index is 12.9. The number of hydrogen-bond donors (Lipinski definition) is 1. The van der Waals surface area contributed by atoms with Gasteiger partial charge in [-0.2, -0.15) is 0 Å². The summed E-state index contributed by atoms with van der Waals surface area (Å²) in [5.74, 6) is 1.17. The molecule has 0 aliphatic carbocycles. The molecule has 2 aliphatic rings. The maximum Gasteiger partial charge on any atom is 0.242 e. The van der Waals surface area contributed by atoms with Crippen molar-refractivity contribution in [1.82, 2.24) is 23.9 Å². The molecule has 33 heavy (non-hydrogen) atoms. The zero-order valence-electron chi connectivity index (χ0n) is 19.8. The van der Waals surface area contributed by atoms with Gasteiger partial charge in [-0.15, -0.1) is 0 Å². The van der Waals surface area contributed by atoms with E-state index in [0.717, 1.165) is 69.7 Å². The first-order chi connectivity index (χ1) is 15.9. The van der Waals surface area contributed by atoms with Gasteiger partial charge in [0.15, 0.2) is 0 Å². The number of aryl methyl sites for hydroxylation is 1. The van der Waals surface area contributed by atoms with E-state index in [1.165, 1.54) is 16.6 Å². The van der Waals surface area contributed by atoms with Crippen LogP contribution in [0.25, 0.3) is 10.9 Å². The monoisotopic (exact) mass is 449 g/mol. The fourth-order valence-electron chi connectivity index (χ4n) is 5.50. The summed E-state index contributed by atoms with van der Waals surface area (Å²) in [5, 5.41) is 12.4. The van der Waals surface area contributed by atoms with E-state index in [9.17, 15) is 9.90 Å². The van der Waals surface area contributed by atoms with E-state index in [4.69, 9.17) is 0 Å². The van der Waals surface area contributed by atoms with Gasteiger partial charge in [-0.1, -0.05) is 18.2 Å². The van der Waals surface area contributed by atoms with E-state index in [2.05, 4.69) is 45.6 Å². The van der Waals surface area contributed by atoms with Crippen molar-refractivity contribution in [2.24, 2.45) is 0 Å². The van der Waals surface area contributed by atoms with Crippen molar-refractivity contribution in [3.05, 3.63) is 53.7 Å². The van der Waals surface area contributed by atoms with Crippen LogP contribution in [0.4, 0.5) is 0 Å². The van der Waals surface area contributed by atoms with Gasteiger partial charge in [0.2, 0.25) is 5.91 Å². The minimum Gasteiger partial charge on any atom is -0.388 e. The van der Waals surface area contributed by atoms with Crippen molar-refractivity contribution in [3.63, 3.8) is 0 Å². The number of carbonyl (C=O) groups excluding carboxylic acids is 1. The average molecular weight is 450 g/mol. The van der Waals surface area contributed by atoms with Crippen LogP contribution in [0.1, 0.15) is 42.8 Å². The van der Waals surface area contributed by atoms with E-state index in [1.54, 1.807) is 6.20 Å². The fourth-order valence-corrected chi connectivity index (χ4v) is 5.50. The molecule has 7 nitrogen and oxygen atoms in total. The second-order valence-electron chi connectivity index (χ2n) is 9.86. The summed E-state index contributed by atoms with van der Waals surface area (Å²) in [6, 6.07) is 8.45. The van der Waals surface area contributed by atoms with Crippen LogP contribution in [0, 0.1) is 13.8 Å². The lowest BCUT2D eigenvalue weighted by Crippen LogP contribution is -2.46. The molecule has 4 heterocycles. The van der Waals surface area contributed by atoms with Crippen molar-refractivity contribution in [3.8, 4) is 0 Å². The standard InChI is InChI=1S/C26H35N5O2/c1-20-23(17-28-14-9-26(33,10-15-28)19-30-16-11-27-21(30)2)22-7-3-4-8-24(22)31(20)18-25(32)29-12-5-6-13-29/h3-4,7-8,11,16,33H,5-6,9-10,12-15,17-19H2,1-2H3. The summed E-state index contributed by atoms with van der Waals surface area (Å²) >= 11 is 0. The number of piperidine rings is 1. The quantitative estimate of drug-likeness (QED) is 0.628. The molecule has 2 saturated heterocycles. The predicted octanol–water partition coefficient (Wildman–Crippen LogP) is 3.10. The number of aromatic nitrogens is 3. The largest absolute Gasteiger partial charge is 0.388 e. The Balaban J connectivity index is 1.31. The lowest BCUT2D eigenvalue weighted by molar-refractivity contribution is -0.130. The average Bonchev–Trinajstić information content (AvgIpc) is 3.54. The normalized spacial score (nSPS) is 18.9.